The maximum atomic E-state index is 12.5. The Kier molecular flexibility index (Phi) is 5.06. The van der Waals surface area contributed by atoms with Gasteiger partial charge in [0.05, 0.1) is 22.9 Å². The summed E-state index contributed by atoms with van der Waals surface area (Å²) >= 11 is 0. The summed E-state index contributed by atoms with van der Waals surface area (Å²) < 4.78 is 10.7. The van der Waals surface area contributed by atoms with Gasteiger partial charge in [0.25, 0.3) is 0 Å². The number of rotatable bonds is 4. The molecule has 7 heteroatoms. The number of esters is 1. The molecule has 1 aliphatic rings. The number of ether oxygens (including phenoxy) is 1. The van der Waals surface area contributed by atoms with E-state index in [1.807, 2.05) is 27.7 Å². The first-order chi connectivity index (χ1) is 12.7. The molecule has 3 rings (SSSR count). The SMILES string of the molecule is CC1(C)CC(OC(=O)c2ccco2)CC(C)(C)N1OC(=O)c1ccncc1. The largest absolute Gasteiger partial charge is 0.457 e. The summed E-state index contributed by atoms with van der Waals surface area (Å²) in [6, 6.07) is 6.44. The Labute approximate surface area is 158 Å². The molecule has 144 valence electrons. The fraction of sp³-hybridized carbons (Fsp3) is 0.450. The minimum Gasteiger partial charge on any atom is -0.457 e. The zero-order chi connectivity index (χ0) is 19.7. The third-order valence-corrected chi connectivity index (χ3v) is 4.64. The van der Waals surface area contributed by atoms with Gasteiger partial charge in [0, 0.05) is 25.2 Å². The highest BCUT2D eigenvalue weighted by Gasteiger charge is 2.49. The van der Waals surface area contributed by atoms with Crippen LogP contribution in [0, 0.1) is 0 Å². The Bertz CT molecular complexity index is 781. The monoisotopic (exact) mass is 372 g/mol. The highest BCUT2D eigenvalue weighted by molar-refractivity contribution is 5.89. The maximum absolute atomic E-state index is 12.5. The number of hydrogen-bond acceptors (Lipinski definition) is 7. The zero-order valence-corrected chi connectivity index (χ0v) is 16.0. The fourth-order valence-electron chi connectivity index (χ4n) is 3.73. The summed E-state index contributed by atoms with van der Waals surface area (Å²) in [6.45, 7) is 7.84. The van der Waals surface area contributed by atoms with Crippen LogP contribution in [-0.4, -0.2) is 39.2 Å². The van der Waals surface area contributed by atoms with E-state index < -0.39 is 23.0 Å². The quantitative estimate of drug-likeness (QED) is 0.758. The predicted molar refractivity (Wildman–Crippen MR) is 96.8 cm³/mol. The van der Waals surface area contributed by atoms with Gasteiger partial charge < -0.3 is 14.0 Å². The van der Waals surface area contributed by atoms with Gasteiger partial charge in [0.1, 0.15) is 6.10 Å². The minimum absolute atomic E-state index is 0.178. The number of hydrogen-bond donors (Lipinski definition) is 0. The highest BCUT2D eigenvalue weighted by atomic mass is 16.7. The molecule has 0 saturated carbocycles. The summed E-state index contributed by atoms with van der Waals surface area (Å²) in [7, 11) is 0. The lowest BCUT2D eigenvalue weighted by molar-refractivity contribution is -0.255. The van der Waals surface area contributed by atoms with Crippen molar-refractivity contribution in [2.75, 3.05) is 0 Å². The van der Waals surface area contributed by atoms with Crippen LogP contribution >= 0.6 is 0 Å². The van der Waals surface area contributed by atoms with Crippen LogP contribution < -0.4 is 0 Å². The number of aromatic nitrogens is 1. The first-order valence-corrected chi connectivity index (χ1v) is 8.86. The molecule has 7 nitrogen and oxygen atoms in total. The van der Waals surface area contributed by atoms with E-state index in [-0.39, 0.29) is 11.9 Å². The summed E-state index contributed by atoms with van der Waals surface area (Å²) in [5.41, 5.74) is -0.625. The Morgan fingerprint density at radius 3 is 2.26 bits per heavy atom. The molecule has 2 aromatic rings. The Morgan fingerprint density at radius 2 is 1.70 bits per heavy atom. The van der Waals surface area contributed by atoms with E-state index in [1.54, 1.807) is 41.7 Å². The average Bonchev–Trinajstić information content (AvgIpc) is 3.13. The molecular weight excluding hydrogens is 348 g/mol. The second kappa shape index (κ2) is 7.15. The van der Waals surface area contributed by atoms with Gasteiger partial charge in [-0.05, 0) is 52.0 Å². The summed E-state index contributed by atoms with van der Waals surface area (Å²) in [5.74, 6) is -0.749. The van der Waals surface area contributed by atoms with E-state index in [9.17, 15) is 9.59 Å². The van der Waals surface area contributed by atoms with Crippen molar-refractivity contribution in [2.45, 2.75) is 57.7 Å². The first-order valence-electron chi connectivity index (χ1n) is 8.86. The third kappa shape index (κ3) is 4.19. The molecule has 27 heavy (non-hydrogen) atoms. The van der Waals surface area contributed by atoms with Crippen LogP contribution in [0.15, 0.2) is 47.3 Å². The van der Waals surface area contributed by atoms with Crippen LogP contribution in [0.5, 0.6) is 0 Å². The molecule has 1 fully saturated rings. The minimum atomic E-state index is -0.529. The number of carbonyl (C=O) groups excluding carboxylic acids is 2. The molecule has 0 N–H and O–H groups in total. The van der Waals surface area contributed by atoms with Gasteiger partial charge in [-0.1, -0.05) is 0 Å². The molecule has 0 bridgehead atoms. The van der Waals surface area contributed by atoms with Crippen LogP contribution in [0.25, 0.3) is 0 Å². The van der Waals surface area contributed by atoms with E-state index in [0.717, 1.165) is 0 Å². The van der Waals surface area contributed by atoms with E-state index in [2.05, 4.69) is 4.98 Å². The van der Waals surface area contributed by atoms with E-state index in [4.69, 9.17) is 14.0 Å². The lowest BCUT2D eigenvalue weighted by atomic mass is 9.80. The topological polar surface area (TPSA) is 81.9 Å². The molecule has 2 aromatic heterocycles. The van der Waals surface area contributed by atoms with Crippen molar-refractivity contribution in [1.82, 2.24) is 10.0 Å². The van der Waals surface area contributed by atoms with Crippen molar-refractivity contribution in [3.8, 4) is 0 Å². The summed E-state index contributed by atoms with van der Waals surface area (Å²) in [4.78, 5) is 34.4. The van der Waals surface area contributed by atoms with Gasteiger partial charge in [-0.15, -0.1) is 5.06 Å². The van der Waals surface area contributed by atoms with Crippen molar-refractivity contribution in [3.05, 3.63) is 54.2 Å². The molecule has 0 amide bonds. The fourth-order valence-corrected chi connectivity index (χ4v) is 3.73. The smallest absolute Gasteiger partial charge is 0.374 e. The van der Waals surface area contributed by atoms with Crippen molar-refractivity contribution in [2.24, 2.45) is 0 Å². The van der Waals surface area contributed by atoms with Crippen molar-refractivity contribution >= 4 is 11.9 Å². The van der Waals surface area contributed by atoms with Gasteiger partial charge in [-0.2, -0.15) is 0 Å². The average molecular weight is 372 g/mol. The molecule has 3 heterocycles. The van der Waals surface area contributed by atoms with Crippen molar-refractivity contribution in [3.63, 3.8) is 0 Å². The van der Waals surface area contributed by atoms with E-state index in [1.165, 1.54) is 6.26 Å². The lowest BCUT2D eigenvalue weighted by Gasteiger charge is -2.52. The number of furan rings is 1. The molecular formula is C20H24N2O5. The Hall–Kier alpha value is -2.67. The third-order valence-electron chi connectivity index (χ3n) is 4.64. The maximum Gasteiger partial charge on any atom is 0.374 e. The molecule has 0 spiro atoms. The van der Waals surface area contributed by atoms with Gasteiger partial charge in [0.15, 0.2) is 0 Å². The number of piperidine rings is 1. The number of hydroxylamine groups is 2. The van der Waals surface area contributed by atoms with Crippen molar-refractivity contribution in [1.29, 1.82) is 0 Å². The summed E-state index contributed by atoms with van der Waals surface area (Å²) in [6.07, 6.45) is 5.26. The highest BCUT2D eigenvalue weighted by Crippen LogP contribution is 2.40. The van der Waals surface area contributed by atoms with E-state index >= 15 is 0 Å². The first kappa shape index (κ1) is 19.1. The van der Waals surface area contributed by atoms with Gasteiger partial charge in [-0.3, -0.25) is 4.98 Å². The van der Waals surface area contributed by atoms with Crippen molar-refractivity contribution < 1.29 is 23.6 Å². The Balaban J connectivity index is 1.72. The van der Waals surface area contributed by atoms with Crippen LogP contribution in [-0.2, 0) is 9.57 Å². The number of carbonyl (C=O) groups is 2. The molecule has 1 aliphatic heterocycles. The van der Waals surface area contributed by atoms with Crippen LogP contribution in [0.4, 0.5) is 0 Å². The van der Waals surface area contributed by atoms with Crippen LogP contribution in [0.1, 0.15) is 61.4 Å². The van der Waals surface area contributed by atoms with Crippen LogP contribution in [0.3, 0.4) is 0 Å². The molecule has 0 atom stereocenters. The molecule has 0 aliphatic carbocycles. The number of nitrogens with zero attached hydrogens (tertiary/aromatic N) is 2. The Morgan fingerprint density at radius 1 is 1.07 bits per heavy atom. The molecule has 0 radical (unpaired) electrons. The van der Waals surface area contributed by atoms with Crippen LogP contribution in [0.2, 0.25) is 0 Å². The van der Waals surface area contributed by atoms with Gasteiger partial charge in [0.2, 0.25) is 5.76 Å². The predicted octanol–water partition coefficient (Wildman–Crippen LogP) is 3.63. The molecule has 0 aromatic carbocycles. The second-order valence-corrected chi connectivity index (χ2v) is 7.95. The van der Waals surface area contributed by atoms with E-state index in [0.29, 0.717) is 18.4 Å². The molecule has 0 unspecified atom stereocenters. The number of pyridine rings is 1. The normalized spacial score (nSPS) is 19.4. The lowest BCUT2D eigenvalue weighted by Crippen LogP contribution is -2.62. The summed E-state index contributed by atoms with van der Waals surface area (Å²) in [5, 5.41) is 1.71. The zero-order valence-electron chi connectivity index (χ0n) is 16.0. The standard InChI is InChI=1S/C20H24N2O5/c1-19(2)12-15(26-18(24)16-6-5-11-25-16)13-20(3,4)22(19)27-17(23)14-7-9-21-10-8-14/h5-11,15H,12-13H2,1-4H3. The molecule has 1 saturated heterocycles. The second-order valence-electron chi connectivity index (χ2n) is 7.95. The van der Waals surface area contributed by atoms with Gasteiger partial charge in [-0.25, -0.2) is 9.59 Å². The van der Waals surface area contributed by atoms with Gasteiger partial charge >= 0.3 is 11.9 Å².